The highest BCUT2D eigenvalue weighted by Gasteiger charge is 2.17. The molecule has 0 aliphatic carbocycles. The molecule has 7 heteroatoms. The van der Waals surface area contributed by atoms with E-state index < -0.39 is 16.1 Å². The second kappa shape index (κ2) is 8.17. The summed E-state index contributed by atoms with van der Waals surface area (Å²) in [7, 11) is -3.48. The van der Waals surface area contributed by atoms with Gasteiger partial charge in [-0.1, -0.05) is 12.1 Å². The summed E-state index contributed by atoms with van der Waals surface area (Å²) in [5.41, 5.74) is 1.25. The summed E-state index contributed by atoms with van der Waals surface area (Å²) in [5.74, 6) is 0.634. The fourth-order valence-electron chi connectivity index (χ4n) is 1.81. The third-order valence-electron chi connectivity index (χ3n) is 2.85. The van der Waals surface area contributed by atoms with E-state index in [0.717, 1.165) is 11.8 Å². The van der Waals surface area contributed by atoms with Crippen LogP contribution in [0.3, 0.4) is 0 Å². The van der Waals surface area contributed by atoms with Gasteiger partial charge in [-0.05, 0) is 44.0 Å². The van der Waals surface area contributed by atoms with Crippen molar-refractivity contribution in [2.45, 2.75) is 27.0 Å². The quantitative estimate of drug-likeness (QED) is 0.558. The van der Waals surface area contributed by atoms with Crippen LogP contribution in [0.2, 0.25) is 0 Å². The molecule has 0 saturated heterocycles. The standard InChI is InChI=1S/C15H23NO5S/c1-5-20-10-21-14-8-6-13(7-9-14)11(2)15(16-12(3)17)22(4,18)19/h6-9,12,16-17H,5,10H2,1-4H3/b15-11+. The van der Waals surface area contributed by atoms with Gasteiger partial charge in [0.25, 0.3) is 0 Å². The van der Waals surface area contributed by atoms with Crippen molar-refractivity contribution in [2.75, 3.05) is 19.7 Å². The van der Waals surface area contributed by atoms with E-state index in [1.807, 2.05) is 6.92 Å². The summed E-state index contributed by atoms with van der Waals surface area (Å²) in [6, 6.07) is 6.98. The number of benzene rings is 1. The summed E-state index contributed by atoms with van der Waals surface area (Å²) in [5, 5.41) is 12.0. The zero-order valence-corrected chi connectivity index (χ0v) is 14.1. The van der Waals surface area contributed by atoms with E-state index in [4.69, 9.17) is 9.47 Å². The molecule has 0 bridgehead atoms. The van der Waals surface area contributed by atoms with Gasteiger partial charge in [-0.2, -0.15) is 0 Å². The van der Waals surface area contributed by atoms with Gasteiger partial charge in [-0.3, -0.25) is 0 Å². The Balaban J connectivity index is 3.03. The molecule has 0 fully saturated rings. The summed E-state index contributed by atoms with van der Waals surface area (Å²) in [4.78, 5) is 0. The normalized spacial score (nSPS) is 14.2. The summed E-state index contributed by atoms with van der Waals surface area (Å²) in [6.45, 7) is 5.76. The largest absolute Gasteiger partial charge is 0.468 e. The maximum absolute atomic E-state index is 11.9. The zero-order chi connectivity index (χ0) is 16.8. The van der Waals surface area contributed by atoms with E-state index in [1.165, 1.54) is 6.92 Å². The molecule has 1 unspecified atom stereocenters. The van der Waals surface area contributed by atoms with Crippen molar-refractivity contribution in [3.63, 3.8) is 0 Å². The SMILES string of the molecule is CCOCOc1ccc(/C(C)=C(\NC(C)O)S(C)(=O)=O)cc1. The molecular weight excluding hydrogens is 306 g/mol. The first-order valence-corrected chi connectivity index (χ1v) is 8.81. The first kappa shape index (κ1) is 18.5. The van der Waals surface area contributed by atoms with E-state index >= 15 is 0 Å². The molecule has 1 aromatic carbocycles. The molecule has 1 rings (SSSR count). The van der Waals surface area contributed by atoms with Gasteiger partial charge in [0.1, 0.15) is 17.0 Å². The molecule has 0 aliphatic rings. The lowest BCUT2D eigenvalue weighted by molar-refractivity contribution is 0.0224. The van der Waals surface area contributed by atoms with Crippen molar-refractivity contribution in [1.82, 2.24) is 5.32 Å². The number of hydrogen-bond acceptors (Lipinski definition) is 6. The Hall–Kier alpha value is -1.57. The number of hydrogen-bond donors (Lipinski definition) is 2. The van der Waals surface area contributed by atoms with E-state index in [-0.39, 0.29) is 11.8 Å². The highest BCUT2D eigenvalue weighted by atomic mass is 32.2. The topological polar surface area (TPSA) is 84.9 Å². The Labute approximate surface area is 131 Å². The Kier molecular flexibility index (Phi) is 6.86. The van der Waals surface area contributed by atoms with Gasteiger partial charge in [-0.25, -0.2) is 8.42 Å². The molecule has 0 amide bonds. The summed E-state index contributed by atoms with van der Waals surface area (Å²) in [6.07, 6.45) is 0.134. The Bertz CT molecular complexity index is 605. The van der Waals surface area contributed by atoms with Gasteiger partial charge in [0, 0.05) is 12.9 Å². The van der Waals surface area contributed by atoms with Gasteiger partial charge in [0.2, 0.25) is 0 Å². The Morgan fingerprint density at radius 3 is 2.36 bits per heavy atom. The Morgan fingerprint density at radius 2 is 1.91 bits per heavy atom. The van der Waals surface area contributed by atoms with Crippen molar-refractivity contribution < 1.29 is 23.0 Å². The minimum atomic E-state index is -3.48. The van der Waals surface area contributed by atoms with Crippen LogP contribution < -0.4 is 10.1 Å². The molecule has 2 N–H and O–H groups in total. The summed E-state index contributed by atoms with van der Waals surface area (Å²) < 4.78 is 34.2. The molecule has 0 saturated carbocycles. The first-order chi connectivity index (χ1) is 10.3. The van der Waals surface area contributed by atoms with Crippen molar-refractivity contribution in [1.29, 1.82) is 0 Å². The lowest BCUT2D eigenvalue weighted by atomic mass is 10.1. The molecular formula is C15H23NO5S. The van der Waals surface area contributed by atoms with E-state index in [2.05, 4.69) is 5.32 Å². The van der Waals surface area contributed by atoms with E-state index in [9.17, 15) is 13.5 Å². The van der Waals surface area contributed by atoms with Gasteiger partial charge >= 0.3 is 0 Å². The second-order valence-electron chi connectivity index (χ2n) is 4.83. The highest BCUT2D eigenvalue weighted by molar-refractivity contribution is 7.94. The third-order valence-corrected chi connectivity index (χ3v) is 4.02. The minimum absolute atomic E-state index is 0.00508. The fraction of sp³-hybridized carbons (Fsp3) is 0.467. The fourth-order valence-corrected chi connectivity index (χ4v) is 2.87. The van der Waals surface area contributed by atoms with Crippen LogP contribution in [0.1, 0.15) is 26.3 Å². The smallest absolute Gasteiger partial charge is 0.190 e. The van der Waals surface area contributed by atoms with Crippen molar-refractivity contribution in [3.05, 3.63) is 34.9 Å². The summed E-state index contributed by atoms with van der Waals surface area (Å²) >= 11 is 0. The van der Waals surface area contributed by atoms with Crippen LogP contribution in [-0.2, 0) is 14.6 Å². The Morgan fingerprint density at radius 1 is 1.32 bits per heavy atom. The van der Waals surface area contributed by atoms with Crippen LogP contribution >= 0.6 is 0 Å². The van der Waals surface area contributed by atoms with Crippen LogP contribution in [0, 0.1) is 0 Å². The van der Waals surface area contributed by atoms with E-state index in [1.54, 1.807) is 31.2 Å². The number of sulfone groups is 1. The predicted octanol–water partition coefficient (Wildman–Crippen LogP) is 1.72. The molecule has 0 heterocycles. The van der Waals surface area contributed by atoms with Crippen LogP contribution in [-0.4, -0.2) is 39.4 Å². The molecule has 1 aromatic rings. The van der Waals surface area contributed by atoms with Gasteiger partial charge < -0.3 is 19.9 Å². The van der Waals surface area contributed by atoms with Gasteiger partial charge in [0.15, 0.2) is 16.6 Å². The highest BCUT2D eigenvalue weighted by Crippen LogP contribution is 2.23. The zero-order valence-electron chi connectivity index (χ0n) is 13.3. The number of rotatable bonds is 8. The average molecular weight is 329 g/mol. The molecule has 1 atom stereocenters. The monoisotopic (exact) mass is 329 g/mol. The van der Waals surface area contributed by atoms with Crippen LogP contribution in [0.4, 0.5) is 0 Å². The lowest BCUT2D eigenvalue weighted by Gasteiger charge is -2.16. The first-order valence-electron chi connectivity index (χ1n) is 6.92. The molecule has 124 valence electrons. The predicted molar refractivity (Wildman–Crippen MR) is 85.8 cm³/mol. The average Bonchev–Trinajstić information content (AvgIpc) is 2.44. The maximum Gasteiger partial charge on any atom is 0.190 e. The van der Waals surface area contributed by atoms with E-state index in [0.29, 0.717) is 17.9 Å². The minimum Gasteiger partial charge on any atom is -0.468 e. The molecule has 22 heavy (non-hydrogen) atoms. The van der Waals surface area contributed by atoms with Crippen LogP contribution in [0.25, 0.3) is 5.57 Å². The van der Waals surface area contributed by atoms with Crippen molar-refractivity contribution in [2.24, 2.45) is 0 Å². The number of ether oxygens (including phenoxy) is 2. The van der Waals surface area contributed by atoms with Crippen LogP contribution in [0.15, 0.2) is 29.3 Å². The third kappa shape index (κ3) is 5.67. The van der Waals surface area contributed by atoms with Gasteiger partial charge in [-0.15, -0.1) is 0 Å². The van der Waals surface area contributed by atoms with Crippen molar-refractivity contribution >= 4 is 15.4 Å². The van der Waals surface area contributed by atoms with Crippen molar-refractivity contribution in [3.8, 4) is 5.75 Å². The number of nitrogens with one attached hydrogen (secondary N) is 1. The number of aliphatic hydroxyl groups excluding tert-OH is 1. The lowest BCUT2D eigenvalue weighted by Crippen LogP contribution is -2.29. The number of aliphatic hydroxyl groups is 1. The molecule has 6 nitrogen and oxygen atoms in total. The molecule has 0 radical (unpaired) electrons. The number of allylic oxidation sites excluding steroid dienone is 1. The maximum atomic E-state index is 11.9. The molecule has 0 aliphatic heterocycles. The van der Waals surface area contributed by atoms with Gasteiger partial charge in [0.05, 0.1) is 0 Å². The molecule has 0 aromatic heterocycles. The van der Waals surface area contributed by atoms with Crippen LogP contribution in [0.5, 0.6) is 5.75 Å². The second-order valence-corrected chi connectivity index (χ2v) is 6.78. The molecule has 0 spiro atoms.